The molecule has 1 aromatic carbocycles. The maximum atomic E-state index is 11.9. The Labute approximate surface area is 114 Å². The quantitative estimate of drug-likeness (QED) is 0.721. The van der Waals surface area contributed by atoms with E-state index in [0.717, 1.165) is 18.4 Å². The fourth-order valence-corrected chi connectivity index (χ4v) is 2.67. The monoisotopic (exact) mass is 255 g/mol. The van der Waals surface area contributed by atoms with Gasteiger partial charge in [0.15, 0.2) is 0 Å². The second kappa shape index (κ2) is 6.37. The Balaban J connectivity index is 2.27. The lowest BCUT2D eigenvalue weighted by Crippen LogP contribution is -2.06. The average molecular weight is 255 g/mol. The molecule has 0 unspecified atom stereocenters. The molecule has 0 spiro atoms. The summed E-state index contributed by atoms with van der Waals surface area (Å²) in [6.07, 6.45) is 6.98. The van der Waals surface area contributed by atoms with Crippen LogP contribution in [0.2, 0.25) is 0 Å². The highest BCUT2D eigenvalue weighted by Crippen LogP contribution is 2.31. The zero-order valence-electron chi connectivity index (χ0n) is 11.5. The fourth-order valence-electron chi connectivity index (χ4n) is 2.67. The number of carbonyl (C=O) groups excluding carboxylic acids is 1. The molecular formula is C17H21NO. The highest BCUT2D eigenvalue weighted by molar-refractivity contribution is 5.85. The molecule has 0 aliphatic carbocycles. The van der Waals surface area contributed by atoms with Crippen LogP contribution in [0, 0.1) is 0 Å². The maximum absolute atomic E-state index is 11.9. The van der Waals surface area contributed by atoms with Crippen LogP contribution in [-0.2, 0) is 4.79 Å². The molecule has 0 bridgehead atoms. The largest absolute Gasteiger partial charge is 0.361 e. The van der Waals surface area contributed by atoms with Crippen LogP contribution < -0.4 is 0 Å². The second-order valence-corrected chi connectivity index (χ2v) is 5.01. The van der Waals surface area contributed by atoms with Crippen LogP contribution in [0.4, 0.5) is 0 Å². The number of para-hydroxylation sites is 1. The molecule has 100 valence electrons. The van der Waals surface area contributed by atoms with Crippen LogP contribution in [0.3, 0.4) is 0 Å². The SMILES string of the molecule is C=CCC(=O)C[C@H](CCC)c1c[nH]c2ccccc12. The number of fused-ring (bicyclic) bond motifs is 1. The molecular weight excluding hydrogens is 234 g/mol. The van der Waals surface area contributed by atoms with Crippen molar-refractivity contribution in [3.05, 3.63) is 48.7 Å². The Morgan fingerprint density at radius 1 is 1.42 bits per heavy atom. The summed E-state index contributed by atoms with van der Waals surface area (Å²) >= 11 is 0. The number of Topliss-reactive ketones (excluding diaryl/α,β-unsaturated/α-hetero) is 1. The molecule has 0 amide bonds. The molecule has 2 nitrogen and oxygen atoms in total. The number of aromatic nitrogens is 1. The van der Waals surface area contributed by atoms with Crippen LogP contribution >= 0.6 is 0 Å². The van der Waals surface area contributed by atoms with Crippen molar-refractivity contribution < 1.29 is 4.79 Å². The minimum absolute atomic E-state index is 0.277. The van der Waals surface area contributed by atoms with E-state index >= 15 is 0 Å². The zero-order valence-corrected chi connectivity index (χ0v) is 11.5. The first-order valence-electron chi connectivity index (χ1n) is 6.94. The van der Waals surface area contributed by atoms with E-state index in [2.05, 4.69) is 36.8 Å². The highest BCUT2D eigenvalue weighted by atomic mass is 16.1. The number of carbonyl (C=O) groups is 1. The number of H-pyrrole nitrogens is 1. The van der Waals surface area contributed by atoms with Crippen molar-refractivity contribution in [1.29, 1.82) is 0 Å². The van der Waals surface area contributed by atoms with Gasteiger partial charge in [-0.05, 0) is 24.0 Å². The van der Waals surface area contributed by atoms with Crippen molar-refractivity contribution in [3.8, 4) is 0 Å². The van der Waals surface area contributed by atoms with Crippen molar-refractivity contribution in [2.45, 2.75) is 38.5 Å². The number of rotatable bonds is 7. The van der Waals surface area contributed by atoms with Gasteiger partial charge in [0.1, 0.15) is 5.78 Å². The van der Waals surface area contributed by atoms with Gasteiger partial charge in [-0.1, -0.05) is 37.6 Å². The van der Waals surface area contributed by atoms with Gasteiger partial charge in [-0.2, -0.15) is 0 Å². The van der Waals surface area contributed by atoms with Gasteiger partial charge < -0.3 is 4.98 Å². The summed E-state index contributed by atoms with van der Waals surface area (Å²) in [7, 11) is 0. The van der Waals surface area contributed by atoms with E-state index in [0.29, 0.717) is 18.8 Å². The van der Waals surface area contributed by atoms with Crippen LogP contribution in [0.25, 0.3) is 10.9 Å². The third-order valence-corrected chi connectivity index (χ3v) is 3.54. The summed E-state index contributed by atoms with van der Waals surface area (Å²) in [5, 5.41) is 1.24. The van der Waals surface area contributed by atoms with Crippen molar-refractivity contribution in [2.24, 2.45) is 0 Å². The molecule has 1 atom stereocenters. The van der Waals surface area contributed by atoms with E-state index in [1.165, 1.54) is 10.9 Å². The molecule has 0 radical (unpaired) electrons. The molecule has 2 aromatic rings. The molecule has 0 fully saturated rings. The smallest absolute Gasteiger partial charge is 0.137 e. The number of allylic oxidation sites excluding steroid dienone is 1. The number of hydrogen-bond donors (Lipinski definition) is 1. The van der Waals surface area contributed by atoms with Crippen LogP contribution in [0.15, 0.2) is 43.1 Å². The topological polar surface area (TPSA) is 32.9 Å². The Kier molecular flexibility index (Phi) is 4.56. The molecule has 19 heavy (non-hydrogen) atoms. The number of ketones is 1. The van der Waals surface area contributed by atoms with Crippen molar-refractivity contribution in [1.82, 2.24) is 4.98 Å². The van der Waals surface area contributed by atoms with E-state index in [1.807, 2.05) is 12.1 Å². The molecule has 0 aliphatic heterocycles. The summed E-state index contributed by atoms with van der Waals surface area (Å²) < 4.78 is 0. The standard InChI is InChI=1S/C17H21NO/c1-3-7-13(11-14(19)8-4-2)16-12-18-17-10-6-5-9-15(16)17/h4-6,9-10,12-13,18H,2-3,7-8,11H2,1H3/t13-/m0/s1. The summed E-state index contributed by atoms with van der Waals surface area (Å²) in [4.78, 5) is 15.2. The Bertz CT molecular complexity index is 567. The van der Waals surface area contributed by atoms with Gasteiger partial charge in [0, 0.05) is 29.9 Å². The summed E-state index contributed by atoms with van der Waals surface area (Å²) in [5.74, 6) is 0.590. The van der Waals surface area contributed by atoms with Gasteiger partial charge in [0.05, 0.1) is 0 Å². The number of aromatic amines is 1. The third-order valence-electron chi connectivity index (χ3n) is 3.54. The van der Waals surface area contributed by atoms with Crippen LogP contribution in [0.1, 0.15) is 44.1 Å². The molecule has 0 aliphatic rings. The van der Waals surface area contributed by atoms with Gasteiger partial charge >= 0.3 is 0 Å². The summed E-state index contributed by atoms with van der Waals surface area (Å²) in [6, 6.07) is 8.28. The van der Waals surface area contributed by atoms with Crippen molar-refractivity contribution in [3.63, 3.8) is 0 Å². The van der Waals surface area contributed by atoms with E-state index in [9.17, 15) is 4.79 Å². The number of benzene rings is 1. The molecule has 0 saturated heterocycles. The van der Waals surface area contributed by atoms with E-state index in [-0.39, 0.29) is 5.78 Å². The number of nitrogens with one attached hydrogen (secondary N) is 1. The fraction of sp³-hybridized carbons (Fsp3) is 0.353. The Morgan fingerprint density at radius 3 is 2.95 bits per heavy atom. The first-order valence-corrected chi connectivity index (χ1v) is 6.94. The predicted molar refractivity (Wildman–Crippen MR) is 80.4 cm³/mol. The molecule has 2 rings (SSSR count). The van der Waals surface area contributed by atoms with Gasteiger partial charge in [-0.25, -0.2) is 0 Å². The summed E-state index contributed by atoms with van der Waals surface area (Å²) in [5.41, 5.74) is 2.42. The van der Waals surface area contributed by atoms with Gasteiger partial charge in [0.25, 0.3) is 0 Å². The molecule has 1 heterocycles. The molecule has 0 saturated carbocycles. The Morgan fingerprint density at radius 2 is 2.21 bits per heavy atom. The van der Waals surface area contributed by atoms with Crippen molar-refractivity contribution in [2.75, 3.05) is 0 Å². The van der Waals surface area contributed by atoms with Gasteiger partial charge in [-0.15, -0.1) is 6.58 Å². The van der Waals surface area contributed by atoms with E-state index in [4.69, 9.17) is 0 Å². The van der Waals surface area contributed by atoms with E-state index in [1.54, 1.807) is 6.08 Å². The maximum Gasteiger partial charge on any atom is 0.137 e. The van der Waals surface area contributed by atoms with Crippen LogP contribution in [0.5, 0.6) is 0 Å². The molecule has 1 aromatic heterocycles. The zero-order chi connectivity index (χ0) is 13.7. The van der Waals surface area contributed by atoms with E-state index < -0.39 is 0 Å². The summed E-state index contributed by atoms with van der Waals surface area (Å²) in [6.45, 7) is 5.81. The normalized spacial score (nSPS) is 12.5. The van der Waals surface area contributed by atoms with Crippen molar-refractivity contribution >= 4 is 16.7 Å². The lowest BCUT2D eigenvalue weighted by Gasteiger charge is -2.14. The predicted octanol–water partition coefficient (Wildman–Crippen LogP) is 4.59. The van der Waals surface area contributed by atoms with Crippen LogP contribution in [-0.4, -0.2) is 10.8 Å². The van der Waals surface area contributed by atoms with Gasteiger partial charge in [0.2, 0.25) is 0 Å². The lowest BCUT2D eigenvalue weighted by molar-refractivity contribution is -0.118. The molecule has 2 heteroatoms. The Hall–Kier alpha value is -1.83. The number of hydrogen-bond acceptors (Lipinski definition) is 1. The first kappa shape index (κ1) is 13.6. The minimum atomic E-state index is 0.277. The highest BCUT2D eigenvalue weighted by Gasteiger charge is 2.17. The minimum Gasteiger partial charge on any atom is -0.361 e. The molecule has 1 N–H and O–H groups in total. The third kappa shape index (κ3) is 3.14. The lowest BCUT2D eigenvalue weighted by atomic mass is 9.89. The second-order valence-electron chi connectivity index (χ2n) is 5.01. The first-order chi connectivity index (χ1) is 9.26. The van der Waals surface area contributed by atoms with Gasteiger partial charge in [-0.3, -0.25) is 4.79 Å². The average Bonchev–Trinajstić information content (AvgIpc) is 2.82.